The first-order valence-corrected chi connectivity index (χ1v) is 6.78. The van der Waals surface area contributed by atoms with Crippen molar-refractivity contribution in [1.29, 1.82) is 0 Å². The SMILES string of the molecule is CCOC(=O)CC(=O)c1csc(-c2ccccc2)n1. The highest BCUT2D eigenvalue weighted by molar-refractivity contribution is 7.13. The van der Waals surface area contributed by atoms with Crippen molar-refractivity contribution in [2.24, 2.45) is 0 Å². The molecule has 1 aromatic carbocycles. The van der Waals surface area contributed by atoms with Crippen LogP contribution < -0.4 is 0 Å². The Morgan fingerprint density at radius 3 is 2.68 bits per heavy atom. The third kappa shape index (κ3) is 3.48. The van der Waals surface area contributed by atoms with E-state index in [1.54, 1.807) is 12.3 Å². The van der Waals surface area contributed by atoms with Gasteiger partial charge in [-0.15, -0.1) is 11.3 Å². The molecule has 1 heterocycles. The summed E-state index contributed by atoms with van der Waals surface area (Å²) < 4.78 is 4.74. The zero-order valence-electron chi connectivity index (χ0n) is 10.5. The number of hydrogen-bond acceptors (Lipinski definition) is 5. The Balaban J connectivity index is 2.09. The lowest BCUT2D eigenvalue weighted by atomic mass is 10.2. The average Bonchev–Trinajstić information content (AvgIpc) is 2.89. The van der Waals surface area contributed by atoms with Gasteiger partial charge in [0.15, 0.2) is 5.78 Å². The lowest BCUT2D eigenvalue weighted by Gasteiger charge is -1.98. The first-order valence-electron chi connectivity index (χ1n) is 5.90. The first-order chi connectivity index (χ1) is 9.20. The van der Waals surface area contributed by atoms with E-state index in [1.165, 1.54) is 11.3 Å². The Morgan fingerprint density at radius 2 is 2.00 bits per heavy atom. The minimum atomic E-state index is -0.512. The van der Waals surface area contributed by atoms with Gasteiger partial charge in [-0.2, -0.15) is 0 Å². The average molecular weight is 275 g/mol. The summed E-state index contributed by atoms with van der Waals surface area (Å²) in [6.07, 6.45) is -0.258. The van der Waals surface area contributed by atoms with Crippen molar-refractivity contribution in [1.82, 2.24) is 4.98 Å². The molecule has 0 aliphatic heterocycles. The number of carbonyl (C=O) groups excluding carboxylic acids is 2. The Hall–Kier alpha value is -2.01. The molecule has 0 spiro atoms. The molecule has 0 fully saturated rings. The van der Waals surface area contributed by atoms with Gasteiger partial charge in [0, 0.05) is 10.9 Å². The van der Waals surface area contributed by atoms with Crippen LogP contribution in [0, 0.1) is 0 Å². The zero-order valence-corrected chi connectivity index (χ0v) is 11.3. The predicted molar refractivity (Wildman–Crippen MR) is 73.1 cm³/mol. The number of carbonyl (C=O) groups is 2. The molecule has 0 unspecified atom stereocenters. The van der Waals surface area contributed by atoms with E-state index in [9.17, 15) is 9.59 Å². The van der Waals surface area contributed by atoms with E-state index >= 15 is 0 Å². The largest absolute Gasteiger partial charge is 0.466 e. The first kappa shape index (κ1) is 13.4. The highest BCUT2D eigenvalue weighted by Gasteiger charge is 2.16. The third-order valence-electron chi connectivity index (χ3n) is 2.42. The standard InChI is InChI=1S/C14H13NO3S/c1-2-18-13(17)8-12(16)11-9-19-14(15-11)10-6-4-3-5-7-10/h3-7,9H,2,8H2,1H3. The molecule has 19 heavy (non-hydrogen) atoms. The summed E-state index contributed by atoms with van der Waals surface area (Å²) in [5.74, 6) is -0.821. The Labute approximate surface area is 115 Å². The molecule has 0 radical (unpaired) electrons. The van der Waals surface area contributed by atoms with Gasteiger partial charge in [0.1, 0.15) is 17.1 Å². The van der Waals surface area contributed by atoms with E-state index in [-0.39, 0.29) is 18.8 Å². The number of thiazole rings is 1. The van der Waals surface area contributed by atoms with Crippen LogP contribution >= 0.6 is 11.3 Å². The van der Waals surface area contributed by atoms with Gasteiger partial charge in [0.2, 0.25) is 0 Å². The monoisotopic (exact) mass is 275 g/mol. The van der Waals surface area contributed by atoms with Gasteiger partial charge < -0.3 is 4.74 Å². The summed E-state index contributed by atoms with van der Waals surface area (Å²) >= 11 is 1.39. The maximum atomic E-state index is 11.8. The van der Waals surface area contributed by atoms with Crippen molar-refractivity contribution < 1.29 is 14.3 Å². The van der Waals surface area contributed by atoms with E-state index in [1.807, 2.05) is 30.3 Å². The van der Waals surface area contributed by atoms with Gasteiger partial charge >= 0.3 is 5.97 Å². The van der Waals surface area contributed by atoms with Crippen LogP contribution in [0.5, 0.6) is 0 Å². The van der Waals surface area contributed by atoms with Crippen LogP contribution in [-0.2, 0) is 9.53 Å². The van der Waals surface area contributed by atoms with Gasteiger partial charge in [-0.3, -0.25) is 9.59 Å². The van der Waals surface area contributed by atoms with Gasteiger partial charge in [-0.25, -0.2) is 4.98 Å². The summed E-state index contributed by atoms with van der Waals surface area (Å²) in [5.41, 5.74) is 1.28. The predicted octanol–water partition coefficient (Wildman–Crippen LogP) is 2.95. The maximum absolute atomic E-state index is 11.8. The van der Waals surface area contributed by atoms with Gasteiger partial charge in [-0.1, -0.05) is 30.3 Å². The van der Waals surface area contributed by atoms with Crippen molar-refractivity contribution in [3.8, 4) is 10.6 Å². The van der Waals surface area contributed by atoms with Crippen molar-refractivity contribution in [3.05, 3.63) is 41.4 Å². The Kier molecular flexibility index (Phi) is 4.41. The summed E-state index contributed by atoms with van der Waals surface area (Å²) in [7, 11) is 0. The fourth-order valence-corrected chi connectivity index (χ4v) is 2.38. The minimum absolute atomic E-state index is 0.258. The smallest absolute Gasteiger partial charge is 0.313 e. The summed E-state index contributed by atoms with van der Waals surface area (Å²) in [6.45, 7) is 1.98. The molecular formula is C14H13NO3S. The second kappa shape index (κ2) is 6.24. The van der Waals surface area contributed by atoms with E-state index in [0.29, 0.717) is 5.69 Å². The molecule has 4 nitrogen and oxygen atoms in total. The van der Waals surface area contributed by atoms with Gasteiger partial charge in [-0.05, 0) is 6.92 Å². The number of benzene rings is 1. The highest BCUT2D eigenvalue weighted by Crippen LogP contribution is 2.23. The second-order valence-electron chi connectivity index (χ2n) is 3.81. The molecule has 5 heteroatoms. The molecule has 0 N–H and O–H groups in total. The number of aromatic nitrogens is 1. The van der Waals surface area contributed by atoms with Crippen LogP contribution in [0.4, 0.5) is 0 Å². The van der Waals surface area contributed by atoms with Gasteiger partial charge in [0.05, 0.1) is 6.61 Å². The third-order valence-corrected chi connectivity index (χ3v) is 3.31. The number of ether oxygens (including phenoxy) is 1. The zero-order chi connectivity index (χ0) is 13.7. The number of rotatable bonds is 5. The maximum Gasteiger partial charge on any atom is 0.313 e. The van der Waals surface area contributed by atoms with Crippen LogP contribution in [0.2, 0.25) is 0 Å². The van der Waals surface area contributed by atoms with Crippen molar-refractivity contribution in [2.45, 2.75) is 13.3 Å². The Morgan fingerprint density at radius 1 is 1.26 bits per heavy atom. The lowest BCUT2D eigenvalue weighted by molar-refractivity contribution is -0.141. The fraction of sp³-hybridized carbons (Fsp3) is 0.214. The van der Waals surface area contributed by atoms with E-state index in [0.717, 1.165) is 10.6 Å². The quantitative estimate of drug-likeness (QED) is 0.478. The highest BCUT2D eigenvalue weighted by atomic mass is 32.1. The second-order valence-corrected chi connectivity index (χ2v) is 4.67. The van der Waals surface area contributed by atoms with Crippen LogP contribution in [0.25, 0.3) is 10.6 Å². The number of ketones is 1. The molecule has 1 aromatic heterocycles. The molecule has 0 aliphatic carbocycles. The molecule has 2 rings (SSSR count). The molecule has 0 amide bonds. The molecule has 0 bridgehead atoms. The fourth-order valence-electron chi connectivity index (χ4n) is 1.55. The summed E-state index contributed by atoms with van der Waals surface area (Å²) in [6, 6.07) is 9.61. The molecule has 98 valence electrons. The summed E-state index contributed by atoms with van der Waals surface area (Å²) in [5, 5.41) is 2.44. The molecule has 2 aromatic rings. The number of esters is 1. The number of hydrogen-bond donors (Lipinski definition) is 0. The molecular weight excluding hydrogens is 262 g/mol. The van der Waals surface area contributed by atoms with Crippen LogP contribution in [0.15, 0.2) is 35.7 Å². The number of nitrogens with zero attached hydrogens (tertiary/aromatic N) is 1. The van der Waals surface area contributed by atoms with Crippen molar-refractivity contribution >= 4 is 23.1 Å². The van der Waals surface area contributed by atoms with E-state index in [2.05, 4.69) is 4.98 Å². The van der Waals surface area contributed by atoms with Crippen molar-refractivity contribution in [2.75, 3.05) is 6.61 Å². The van der Waals surface area contributed by atoms with E-state index in [4.69, 9.17) is 4.74 Å². The molecule has 0 atom stereocenters. The number of Topliss-reactive ketones (excluding diaryl/α,β-unsaturated/α-hetero) is 1. The molecule has 0 saturated carbocycles. The normalized spacial score (nSPS) is 10.2. The van der Waals surface area contributed by atoms with Crippen molar-refractivity contribution in [3.63, 3.8) is 0 Å². The van der Waals surface area contributed by atoms with Crippen LogP contribution in [-0.4, -0.2) is 23.3 Å². The lowest BCUT2D eigenvalue weighted by Crippen LogP contribution is -2.11. The summed E-state index contributed by atoms with van der Waals surface area (Å²) in [4.78, 5) is 27.3. The topological polar surface area (TPSA) is 56.3 Å². The molecule has 0 saturated heterocycles. The molecule has 0 aliphatic rings. The minimum Gasteiger partial charge on any atom is -0.466 e. The van der Waals surface area contributed by atoms with E-state index < -0.39 is 5.97 Å². The Bertz CT molecular complexity index is 577. The van der Waals surface area contributed by atoms with Crippen LogP contribution in [0.3, 0.4) is 0 Å². The van der Waals surface area contributed by atoms with Gasteiger partial charge in [0.25, 0.3) is 0 Å². The van der Waals surface area contributed by atoms with Crippen LogP contribution in [0.1, 0.15) is 23.8 Å².